The highest BCUT2D eigenvalue weighted by atomic mass is 19.1. The van der Waals surface area contributed by atoms with Crippen LogP contribution in [0.4, 0.5) is 10.1 Å². The van der Waals surface area contributed by atoms with E-state index in [4.69, 9.17) is 19.9 Å². The summed E-state index contributed by atoms with van der Waals surface area (Å²) in [5.74, 6) is -2.00. The first-order chi connectivity index (χ1) is 13.3. The van der Waals surface area contributed by atoms with Gasteiger partial charge in [0.05, 0.1) is 12.7 Å². The molecule has 2 aromatic rings. The third kappa shape index (κ3) is 5.70. The fraction of sp³-hybridized carbons (Fsp3) is 0.211. The number of halogens is 1. The number of methoxy groups -OCH3 is 1. The Morgan fingerprint density at radius 2 is 1.79 bits per heavy atom. The third-order valence-corrected chi connectivity index (χ3v) is 3.57. The summed E-state index contributed by atoms with van der Waals surface area (Å²) in [7, 11) is 1.36. The summed E-state index contributed by atoms with van der Waals surface area (Å²) < 4.78 is 28.3. The van der Waals surface area contributed by atoms with Crippen LogP contribution < -0.4 is 20.5 Å². The van der Waals surface area contributed by atoms with E-state index in [9.17, 15) is 18.8 Å². The number of nitrogens with one attached hydrogen (secondary N) is 1. The van der Waals surface area contributed by atoms with Gasteiger partial charge in [-0.15, -0.1) is 0 Å². The zero-order chi connectivity index (χ0) is 20.7. The van der Waals surface area contributed by atoms with E-state index in [1.807, 2.05) is 0 Å². The van der Waals surface area contributed by atoms with Gasteiger partial charge in [0.15, 0.2) is 24.2 Å². The number of rotatable bonds is 8. The molecule has 0 aromatic heterocycles. The fourth-order valence-corrected chi connectivity index (χ4v) is 2.07. The maximum absolute atomic E-state index is 12.9. The number of nitrogens with two attached hydrogens (primary N) is 1. The smallest absolute Gasteiger partial charge is 0.339 e. The van der Waals surface area contributed by atoms with Crippen LogP contribution in [-0.4, -0.2) is 37.6 Å². The first-order valence-corrected chi connectivity index (χ1v) is 8.16. The Bertz CT molecular complexity index is 869. The molecule has 2 amide bonds. The van der Waals surface area contributed by atoms with E-state index in [0.29, 0.717) is 5.69 Å². The Labute approximate surface area is 160 Å². The highest BCUT2D eigenvalue weighted by Crippen LogP contribution is 2.28. The molecule has 0 heterocycles. The predicted octanol–water partition coefficient (Wildman–Crippen LogP) is 1.88. The molecule has 148 valence electrons. The van der Waals surface area contributed by atoms with Gasteiger partial charge in [-0.1, -0.05) is 0 Å². The van der Waals surface area contributed by atoms with Gasteiger partial charge in [0.1, 0.15) is 5.82 Å². The van der Waals surface area contributed by atoms with E-state index in [2.05, 4.69) is 5.32 Å². The van der Waals surface area contributed by atoms with Crippen molar-refractivity contribution in [3.05, 3.63) is 53.8 Å². The average Bonchev–Trinajstić information content (AvgIpc) is 2.67. The second-order valence-corrected chi connectivity index (χ2v) is 5.66. The molecule has 0 bridgehead atoms. The average molecular weight is 390 g/mol. The van der Waals surface area contributed by atoms with E-state index in [1.165, 1.54) is 56.5 Å². The molecule has 3 N–H and O–H groups in total. The number of carbonyl (C=O) groups excluding carboxylic acids is 3. The van der Waals surface area contributed by atoms with Crippen molar-refractivity contribution in [1.82, 2.24) is 0 Å². The van der Waals surface area contributed by atoms with Crippen LogP contribution in [0.3, 0.4) is 0 Å². The van der Waals surface area contributed by atoms with Crippen LogP contribution in [-0.2, 0) is 14.3 Å². The molecule has 0 radical (unpaired) electrons. The number of primary amides is 1. The molecule has 8 nitrogen and oxygen atoms in total. The lowest BCUT2D eigenvalue weighted by atomic mass is 10.2. The number of benzene rings is 2. The van der Waals surface area contributed by atoms with E-state index in [-0.39, 0.29) is 23.7 Å². The highest BCUT2D eigenvalue weighted by molar-refractivity contribution is 5.93. The molecule has 0 saturated carbocycles. The van der Waals surface area contributed by atoms with E-state index < -0.39 is 29.7 Å². The summed E-state index contributed by atoms with van der Waals surface area (Å²) in [6, 6.07) is 9.44. The van der Waals surface area contributed by atoms with Gasteiger partial charge in [0.25, 0.3) is 11.8 Å². The minimum atomic E-state index is -1.08. The van der Waals surface area contributed by atoms with Gasteiger partial charge >= 0.3 is 5.97 Å². The molecule has 0 unspecified atom stereocenters. The molecule has 0 aliphatic heterocycles. The van der Waals surface area contributed by atoms with Crippen molar-refractivity contribution in [3.8, 4) is 11.5 Å². The fourth-order valence-electron chi connectivity index (χ4n) is 2.07. The lowest BCUT2D eigenvalue weighted by molar-refractivity contribution is -0.125. The molecule has 0 aliphatic rings. The number of ether oxygens (including phenoxy) is 3. The minimum Gasteiger partial charge on any atom is -0.493 e. The quantitative estimate of drug-likeness (QED) is 0.665. The minimum absolute atomic E-state index is 0.119. The van der Waals surface area contributed by atoms with Gasteiger partial charge in [0, 0.05) is 5.69 Å². The Kier molecular flexibility index (Phi) is 6.91. The lowest BCUT2D eigenvalue weighted by Crippen LogP contribution is -2.30. The number of amides is 2. The summed E-state index contributed by atoms with van der Waals surface area (Å²) >= 11 is 0. The van der Waals surface area contributed by atoms with Crippen molar-refractivity contribution in [2.45, 2.75) is 13.0 Å². The summed E-state index contributed by atoms with van der Waals surface area (Å²) in [5, 5.41) is 2.55. The summed E-state index contributed by atoms with van der Waals surface area (Å²) in [5.41, 5.74) is 5.59. The number of carbonyl (C=O) groups is 3. The standard InChI is InChI=1S/C19H19FN2O6/c1-11(18(21)24)28-19(25)12-3-8-15(16(9-12)26-2)27-10-17(23)22-14-6-4-13(20)5-7-14/h3-9,11H,10H2,1-2H3,(H2,21,24)(H,22,23)/t11-/m0/s1. The highest BCUT2D eigenvalue weighted by Gasteiger charge is 2.18. The van der Waals surface area contributed by atoms with Crippen LogP contribution in [0.1, 0.15) is 17.3 Å². The van der Waals surface area contributed by atoms with Crippen molar-refractivity contribution in [1.29, 1.82) is 0 Å². The molecule has 1 atom stereocenters. The molecule has 0 fully saturated rings. The van der Waals surface area contributed by atoms with Crippen LogP contribution in [0.15, 0.2) is 42.5 Å². The zero-order valence-corrected chi connectivity index (χ0v) is 15.2. The van der Waals surface area contributed by atoms with Gasteiger partial charge in [-0.25, -0.2) is 9.18 Å². The van der Waals surface area contributed by atoms with Gasteiger partial charge in [-0.2, -0.15) is 0 Å². The Hall–Kier alpha value is -3.62. The largest absolute Gasteiger partial charge is 0.493 e. The molecule has 0 saturated heterocycles. The molecule has 2 aromatic carbocycles. The van der Waals surface area contributed by atoms with Crippen molar-refractivity contribution >= 4 is 23.5 Å². The first kappa shape index (κ1) is 20.7. The van der Waals surface area contributed by atoms with Gasteiger partial charge in [0.2, 0.25) is 0 Å². The first-order valence-electron chi connectivity index (χ1n) is 8.16. The summed E-state index contributed by atoms with van der Waals surface area (Å²) in [4.78, 5) is 34.9. The lowest BCUT2D eigenvalue weighted by Gasteiger charge is -2.13. The Balaban J connectivity index is 1.99. The van der Waals surface area contributed by atoms with Crippen LogP contribution in [0, 0.1) is 5.82 Å². The summed E-state index contributed by atoms with van der Waals surface area (Å²) in [6.07, 6.45) is -1.08. The van der Waals surface area contributed by atoms with E-state index in [0.717, 1.165) is 0 Å². The van der Waals surface area contributed by atoms with E-state index >= 15 is 0 Å². The number of anilines is 1. The molecule has 2 rings (SSSR count). The second-order valence-electron chi connectivity index (χ2n) is 5.66. The topological polar surface area (TPSA) is 117 Å². The number of esters is 1. The maximum Gasteiger partial charge on any atom is 0.339 e. The molecule has 0 spiro atoms. The van der Waals surface area contributed by atoms with Crippen LogP contribution >= 0.6 is 0 Å². The van der Waals surface area contributed by atoms with Gasteiger partial charge in [-0.05, 0) is 49.4 Å². The molecule has 9 heteroatoms. The molecular formula is C19H19FN2O6. The number of hydrogen-bond acceptors (Lipinski definition) is 6. The molecule has 0 aliphatic carbocycles. The molecular weight excluding hydrogens is 371 g/mol. The van der Waals surface area contributed by atoms with Crippen molar-refractivity contribution < 1.29 is 33.0 Å². The number of hydrogen-bond donors (Lipinski definition) is 2. The van der Waals surface area contributed by atoms with Crippen LogP contribution in [0.2, 0.25) is 0 Å². The second kappa shape index (κ2) is 9.36. The van der Waals surface area contributed by atoms with Crippen molar-refractivity contribution in [2.75, 3.05) is 19.0 Å². The van der Waals surface area contributed by atoms with Gasteiger partial charge < -0.3 is 25.3 Å². The SMILES string of the molecule is COc1cc(C(=O)O[C@@H](C)C(N)=O)ccc1OCC(=O)Nc1ccc(F)cc1. The Morgan fingerprint density at radius 3 is 2.39 bits per heavy atom. The van der Waals surface area contributed by atoms with E-state index in [1.54, 1.807) is 0 Å². The third-order valence-electron chi connectivity index (χ3n) is 3.57. The summed E-state index contributed by atoms with van der Waals surface area (Å²) in [6.45, 7) is 1.02. The Morgan fingerprint density at radius 1 is 1.11 bits per heavy atom. The maximum atomic E-state index is 12.9. The van der Waals surface area contributed by atoms with Crippen molar-refractivity contribution in [3.63, 3.8) is 0 Å². The normalized spacial score (nSPS) is 11.2. The van der Waals surface area contributed by atoms with Crippen molar-refractivity contribution in [2.24, 2.45) is 5.73 Å². The predicted molar refractivity (Wildman–Crippen MR) is 97.6 cm³/mol. The monoisotopic (exact) mass is 390 g/mol. The van der Waals surface area contributed by atoms with Crippen LogP contribution in [0.5, 0.6) is 11.5 Å². The van der Waals surface area contributed by atoms with Crippen LogP contribution in [0.25, 0.3) is 0 Å². The zero-order valence-electron chi connectivity index (χ0n) is 15.2. The van der Waals surface area contributed by atoms with Gasteiger partial charge in [-0.3, -0.25) is 9.59 Å². The molecule has 28 heavy (non-hydrogen) atoms.